The van der Waals surface area contributed by atoms with E-state index in [1.807, 2.05) is 70.2 Å². The predicted octanol–water partition coefficient (Wildman–Crippen LogP) is 3.94. The molecule has 0 unspecified atom stereocenters. The van der Waals surface area contributed by atoms with Gasteiger partial charge in [-0.15, -0.1) is 11.8 Å². The molecule has 204 valence electrons. The van der Waals surface area contributed by atoms with Crippen LogP contribution in [0, 0.1) is 5.92 Å². The van der Waals surface area contributed by atoms with E-state index in [1.54, 1.807) is 30.9 Å². The van der Waals surface area contributed by atoms with Gasteiger partial charge in [0.15, 0.2) is 11.5 Å². The largest absolute Gasteiger partial charge is 0.493 e. The molecule has 1 fully saturated rings. The molecule has 2 aromatic carbocycles. The van der Waals surface area contributed by atoms with Crippen molar-refractivity contribution in [3.05, 3.63) is 59.2 Å². The van der Waals surface area contributed by atoms with Crippen LogP contribution in [-0.4, -0.2) is 60.2 Å². The number of hydrogen-bond donors (Lipinski definition) is 2. The van der Waals surface area contributed by atoms with E-state index < -0.39 is 16.8 Å². The molecule has 2 heterocycles. The number of carbonyl (C=O) groups excluding carboxylic acids is 3. The number of hydrogen-bond acceptors (Lipinski definition) is 6. The molecule has 2 N–H and O–H groups in total. The lowest BCUT2D eigenvalue weighted by Crippen LogP contribution is -2.57. The number of fused-ring (bicyclic) bond motifs is 3. The molecular formula is C29H37N3O5S. The van der Waals surface area contributed by atoms with Crippen LogP contribution in [-0.2, 0) is 16.0 Å². The van der Waals surface area contributed by atoms with Crippen LogP contribution in [0.3, 0.4) is 0 Å². The number of carbonyl (C=O) groups is 3. The van der Waals surface area contributed by atoms with Gasteiger partial charge in [-0.3, -0.25) is 14.4 Å². The van der Waals surface area contributed by atoms with Gasteiger partial charge in [-0.1, -0.05) is 38.1 Å². The molecular weight excluding hydrogens is 502 g/mol. The lowest BCUT2D eigenvalue weighted by Gasteiger charge is -2.31. The van der Waals surface area contributed by atoms with Crippen LogP contribution in [0.2, 0.25) is 0 Å². The highest BCUT2D eigenvalue weighted by atomic mass is 32.2. The molecule has 0 aliphatic carbocycles. The van der Waals surface area contributed by atoms with Crippen molar-refractivity contribution in [3.63, 3.8) is 0 Å². The lowest BCUT2D eigenvalue weighted by atomic mass is 9.98. The maximum absolute atomic E-state index is 13.7. The minimum absolute atomic E-state index is 0.136. The fourth-order valence-electron chi connectivity index (χ4n) is 5.25. The summed E-state index contributed by atoms with van der Waals surface area (Å²) in [6.45, 7) is 8.41. The van der Waals surface area contributed by atoms with E-state index >= 15 is 0 Å². The second-order valence-corrected chi connectivity index (χ2v) is 12.4. The minimum Gasteiger partial charge on any atom is -0.493 e. The van der Waals surface area contributed by atoms with E-state index in [2.05, 4.69) is 10.6 Å². The van der Waals surface area contributed by atoms with Crippen LogP contribution in [0.4, 0.5) is 0 Å². The zero-order valence-corrected chi connectivity index (χ0v) is 23.7. The fraction of sp³-hybridized carbons (Fsp3) is 0.483. The molecule has 38 heavy (non-hydrogen) atoms. The van der Waals surface area contributed by atoms with Gasteiger partial charge < -0.3 is 25.0 Å². The first-order valence-corrected chi connectivity index (χ1v) is 13.8. The van der Waals surface area contributed by atoms with Gasteiger partial charge in [-0.25, -0.2) is 0 Å². The van der Waals surface area contributed by atoms with Crippen molar-refractivity contribution in [1.29, 1.82) is 0 Å². The normalized spacial score (nSPS) is 20.1. The topological polar surface area (TPSA) is 97.0 Å². The molecule has 0 radical (unpaired) electrons. The summed E-state index contributed by atoms with van der Waals surface area (Å²) in [5.74, 6) is 0.803. The van der Waals surface area contributed by atoms with Crippen molar-refractivity contribution in [2.24, 2.45) is 5.92 Å². The third-order valence-electron chi connectivity index (χ3n) is 7.05. The predicted molar refractivity (Wildman–Crippen MR) is 148 cm³/mol. The van der Waals surface area contributed by atoms with Crippen LogP contribution in [0.1, 0.15) is 61.0 Å². The van der Waals surface area contributed by atoms with E-state index in [0.29, 0.717) is 36.4 Å². The Kier molecular flexibility index (Phi) is 8.25. The molecule has 2 aromatic rings. The molecule has 8 nitrogen and oxygen atoms in total. The molecule has 3 amide bonds. The summed E-state index contributed by atoms with van der Waals surface area (Å²) in [6, 6.07) is 11.8. The standard InChI is InChI=1S/C29H37N3O5S/c1-17(2)15-21(25(33)30-14-13-18-11-12-22(36-5)23(16-18)37-6)31-26(34)24-29(3,4)38-28-20-10-8-7-9-19(20)27(35)32(24)28/h7-12,16-17,21,24,28H,13-15H2,1-6H3,(H,30,33)(H,31,34)/t21-,24-,28-/m0/s1. The van der Waals surface area contributed by atoms with E-state index in [-0.39, 0.29) is 29.0 Å². The van der Waals surface area contributed by atoms with Crippen LogP contribution in [0.5, 0.6) is 11.5 Å². The highest BCUT2D eigenvalue weighted by Crippen LogP contribution is 2.56. The average Bonchev–Trinajstić information content (AvgIpc) is 3.31. The molecule has 1 saturated heterocycles. The molecule has 0 aromatic heterocycles. The summed E-state index contributed by atoms with van der Waals surface area (Å²) in [6.07, 6.45) is 1.09. The Balaban J connectivity index is 1.44. The van der Waals surface area contributed by atoms with E-state index in [9.17, 15) is 14.4 Å². The van der Waals surface area contributed by atoms with Gasteiger partial charge >= 0.3 is 0 Å². The molecule has 0 bridgehead atoms. The highest BCUT2D eigenvalue weighted by Gasteiger charge is 2.57. The number of rotatable bonds is 10. The SMILES string of the molecule is COc1ccc(CCNC(=O)[C@H](CC(C)C)NC(=O)[C@@H]2N3C(=O)c4ccccc4[C@@H]3SC2(C)C)cc1OC. The Labute approximate surface area is 228 Å². The first-order chi connectivity index (χ1) is 18.1. The van der Waals surface area contributed by atoms with Crippen molar-refractivity contribution in [1.82, 2.24) is 15.5 Å². The Hall–Kier alpha value is -3.20. The number of ether oxygens (including phenoxy) is 2. The molecule has 4 rings (SSSR count). The summed E-state index contributed by atoms with van der Waals surface area (Å²) in [5.41, 5.74) is 2.58. The maximum atomic E-state index is 13.7. The molecule has 0 saturated carbocycles. The first kappa shape index (κ1) is 27.8. The summed E-state index contributed by atoms with van der Waals surface area (Å²) in [4.78, 5) is 41.9. The van der Waals surface area contributed by atoms with Crippen LogP contribution in [0.15, 0.2) is 42.5 Å². The quantitative estimate of drug-likeness (QED) is 0.475. The molecule has 9 heteroatoms. The van der Waals surface area contributed by atoms with Gasteiger partial charge in [0.1, 0.15) is 17.5 Å². The van der Waals surface area contributed by atoms with Gasteiger partial charge in [-0.2, -0.15) is 0 Å². The third kappa shape index (κ3) is 5.48. The zero-order valence-electron chi connectivity index (χ0n) is 22.9. The zero-order chi connectivity index (χ0) is 27.6. The second-order valence-electron chi connectivity index (χ2n) is 10.7. The van der Waals surface area contributed by atoms with Crippen molar-refractivity contribution in [3.8, 4) is 11.5 Å². The number of methoxy groups -OCH3 is 2. The Morgan fingerprint density at radius 3 is 2.47 bits per heavy atom. The van der Waals surface area contributed by atoms with Gasteiger partial charge in [0.25, 0.3) is 5.91 Å². The van der Waals surface area contributed by atoms with Crippen LogP contribution >= 0.6 is 11.8 Å². The van der Waals surface area contributed by atoms with E-state index in [1.165, 1.54) is 0 Å². The Bertz CT molecular complexity index is 1210. The minimum atomic E-state index is -0.701. The van der Waals surface area contributed by atoms with Crippen molar-refractivity contribution < 1.29 is 23.9 Å². The number of thioether (sulfide) groups is 1. The summed E-state index contributed by atoms with van der Waals surface area (Å²) in [5, 5.41) is 5.76. The molecule has 3 atom stereocenters. The van der Waals surface area contributed by atoms with Crippen LogP contribution < -0.4 is 20.1 Å². The van der Waals surface area contributed by atoms with Gasteiger partial charge in [0.05, 0.1) is 14.2 Å². The van der Waals surface area contributed by atoms with Crippen molar-refractivity contribution in [2.45, 2.75) is 62.7 Å². The molecule has 2 aliphatic heterocycles. The lowest BCUT2D eigenvalue weighted by molar-refractivity contribution is -0.132. The van der Waals surface area contributed by atoms with Gasteiger partial charge in [0, 0.05) is 16.9 Å². The highest BCUT2D eigenvalue weighted by molar-refractivity contribution is 8.01. The Morgan fingerprint density at radius 1 is 1.08 bits per heavy atom. The number of benzene rings is 2. The molecule has 2 aliphatic rings. The van der Waals surface area contributed by atoms with Gasteiger partial charge in [-0.05, 0) is 61.9 Å². The van der Waals surface area contributed by atoms with Crippen molar-refractivity contribution in [2.75, 3.05) is 20.8 Å². The maximum Gasteiger partial charge on any atom is 0.256 e. The van der Waals surface area contributed by atoms with E-state index in [4.69, 9.17) is 9.47 Å². The van der Waals surface area contributed by atoms with Gasteiger partial charge in [0.2, 0.25) is 11.8 Å². The summed E-state index contributed by atoms with van der Waals surface area (Å²) in [7, 11) is 3.17. The Morgan fingerprint density at radius 2 is 1.79 bits per heavy atom. The third-order valence-corrected chi connectivity index (χ3v) is 8.58. The van der Waals surface area contributed by atoms with E-state index in [0.717, 1.165) is 11.1 Å². The smallest absolute Gasteiger partial charge is 0.256 e. The molecule has 0 spiro atoms. The first-order valence-electron chi connectivity index (χ1n) is 13.0. The van der Waals surface area contributed by atoms with Crippen molar-refractivity contribution >= 4 is 29.5 Å². The summed E-state index contributed by atoms with van der Waals surface area (Å²) >= 11 is 1.61. The van der Waals surface area contributed by atoms with Crippen LogP contribution in [0.25, 0.3) is 0 Å². The second kappa shape index (κ2) is 11.3. The number of nitrogens with zero attached hydrogens (tertiary/aromatic N) is 1. The monoisotopic (exact) mass is 539 g/mol. The fourth-order valence-corrected chi connectivity index (χ4v) is 6.84. The average molecular weight is 540 g/mol. The number of amides is 3. The number of nitrogens with one attached hydrogen (secondary N) is 2. The summed E-state index contributed by atoms with van der Waals surface area (Å²) < 4.78 is 10.1.